The number of ether oxygens (including phenoxy) is 2. The number of hydrogen-bond donors (Lipinski definition) is 0. The van der Waals surface area contributed by atoms with Gasteiger partial charge in [0.15, 0.2) is 0 Å². The normalized spacial score (nSPS) is 17.1. The maximum absolute atomic E-state index is 12.9. The fraction of sp³-hybridized carbons (Fsp3) is 0.312. The molecule has 1 amide bonds. The van der Waals surface area contributed by atoms with Crippen molar-refractivity contribution in [2.45, 2.75) is 12.5 Å². The Balaban J connectivity index is 1.61. The fourth-order valence-electron chi connectivity index (χ4n) is 2.44. The second-order valence-electron chi connectivity index (χ2n) is 5.19. The van der Waals surface area contributed by atoms with E-state index < -0.39 is 0 Å². The average Bonchev–Trinajstić information content (AvgIpc) is 3.03. The predicted octanol–water partition coefficient (Wildman–Crippen LogP) is 1.92. The van der Waals surface area contributed by atoms with E-state index in [0.717, 1.165) is 0 Å². The van der Waals surface area contributed by atoms with Crippen LogP contribution in [0.15, 0.2) is 36.7 Å². The van der Waals surface area contributed by atoms with Gasteiger partial charge in [-0.2, -0.15) is 4.98 Å². The number of aromatic nitrogens is 2. The molecular formula is C16H16FN3O3. The van der Waals surface area contributed by atoms with Gasteiger partial charge in [0.05, 0.1) is 26.0 Å². The maximum atomic E-state index is 12.9. The molecule has 0 spiro atoms. The first-order valence-corrected chi connectivity index (χ1v) is 7.23. The molecule has 1 saturated heterocycles. The van der Waals surface area contributed by atoms with Gasteiger partial charge in [-0.25, -0.2) is 4.39 Å². The Morgan fingerprint density at radius 2 is 2.00 bits per heavy atom. The second kappa shape index (κ2) is 6.60. The molecule has 2 heterocycles. The van der Waals surface area contributed by atoms with Gasteiger partial charge in [-0.05, 0) is 24.3 Å². The number of hydrogen-bond acceptors (Lipinski definition) is 5. The van der Waals surface area contributed by atoms with Crippen LogP contribution >= 0.6 is 0 Å². The van der Waals surface area contributed by atoms with E-state index in [-0.39, 0.29) is 17.8 Å². The molecule has 1 atom stereocenters. The minimum absolute atomic E-state index is 0.132. The Bertz CT molecular complexity index is 693. The van der Waals surface area contributed by atoms with E-state index in [0.29, 0.717) is 36.8 Å². The number of rotatable bonds is 4. The van der Waals surface area contributed by atoms with Crippen LogP contribution in [-0.4, -0.2) is 47.1 Å². The number of methoxy groups -OCH3 is 1. The zero-order valence-corrected chi connectivity index (χ0v) is 12.6. The summed E-state index contributed by atoms with van der Waals surface area (Å²) in [5.74, 6) is 0.249. The molecule has 0 aliphatic carbocycles. The van der Waals surface area contributed by atoms with Crippen LogP contribution in [0.25, 0.3) is 0 Å². The van der Waals surface area contributed by atoms with Crippen LogP contribution in [0.2, 0.25) is 0 Å². The van der Waals surface area contributed by atoms with Crippen molar-refractivity contribution in [1.82, 2.24) is 14.9 Å². The van der Waals surface area contributed by atoms with Crippen molar-refractivity contribution in [3.8, 4) is 11.8 Å². The molecule has 7 heteroatoms. The molecule has 0 saturated carbocycles. The van der Waals surface area contributed by atoms with Crippen LogP contribution in [0.5, 0.6) is 11.8 Å². The predicted molar refractivity (Wildman–Crippen MR) is 79.9 cm³/mol. The fourth-order valence-corrected chi connectivity index (χ4v) is 2.44. The first kappa shape index (κ1) is 15.2. The summed E-state index contributed by atoms with van der Waals surface area (Å²) in [6.07, 6.45) is 3.55. The summed E-state index contributed by atoms with van der Waals surface area (Å²) in [5.41, 5.74) is 0.466. The van der Waals surface area contributed by atoms with Crippen molar-refractivity contribution >= 4 is 5.91 Å². The summed E-state index contributed by atoms with van der Waals surface area (Å²) in [6.45, 7) is 1.04. The smallest absolute Gasteiger partial charge is 0.253 e. The Labute approximate surface area is 132 Å². The molecule has 0 radical (unpaired) electrons. The monoisotopic (exact) mass is 317 g/mol. The highest BCUT2D eigenvalue weighted by Gasteiger charge is 2.28. The summed E-state index contributed by atoms with van der Waals surface area (Å²) >= 11 is 0. The number of carbonyl (C=O) groups is 1. The summed E-state index contributed by atoms with van der Waals surface area (Å²) in [5, 5.41) is 0. The minimum atomic E-state index is -0.360. The third-order valence-corrected chi connectivity index (χ3v) is 3.61. The molecule has 1 aromatic carbocycles. The third-order valence-electron chi connectivity index (χ3n) is 3.61. The first-order chi connectivity index (χ1) is 11.2. The molecule has 1 aromatic heterocycles. The van der Waals surface area contributed by atoms with E-state index in [9.17, 15) is 9.18 Å². The van der Waals surface area contributed by atoms with E-state index in [1.807, 2.05) is 0 Å². The molecule has 23 heavy (non-hydrogen) atoms. The van der Waals surface area contributed by atoms with E-state index in [1.54, 1.807) is 4.90 Å². The number of benzene rings is 1. The van der Waals surface area contributed by atoms with Gasteiger partial charge >= 0.3 is 0 Å². The van der Waals surface area contributed by atoms with E-state index in [1.165, 1.54) is 43.8 Å². The van der Waals surface area contributed by atoms with Crippen LogP contribution in [0.3, 0.4) is 0 Å². The summed E-state index contributed by atoms with van der Waals surface area (Å²) < 4.78 is 23.7. The molecule has 1 aliphatic heterocycles. The highest BCUT2D eigenvalue weighted by molar-refractivity contribution is 5.94. The van der Waals surface area contributed by atoms with Gasteiger partial charge < -0.3 is 14.4 Å². The lowest BCUT2D eigenvalue weighted by Crippen LogP contribution is -2.31. The lowest BCUT2D eigenvalue weighted by molar-refractivity contribution is 0.0771. The van der Waals surface area contributed by atoms with Gasteiger partial charge in [0.25, 0.3) is 5.91 Å². The van der Waals surface area contributed by atoms with Gasteiger partial charge in [-0.1, -0.05) is 0 Å². The van der Waals surface area contributed by atoms with E-state index in [2.05, 4.69) is 9.97 Å². The molecular weight excluding hydrogens is 301 g/mol. The summed E-state index contributed by atoms with van der Waals surface area (Å²) in [7, 11) is 1.51. The number of amides is 1. The van der Waals surface area contributed by atoms with Gasteiger partial charge in [-0.15, -0.1) is 0 Å². The van der Waals surface area contributed by atoms with Gasteiger partial charge in [0.2, 0.25) is 11.8 Å². The standard InChI is InChI=1S/C16H16FN3O3/c1-22-14-8-18-9-15(19-14)23-13-6-7-20(10-13)16(21)11-2-4-12(17)5-3-11/h2-5,8-9,13H,6-7,10H2,1H3. The van der Waals surface area contributed by atoms with Crippen molar-refractivity contribution in [1.29, 1.82) is 0 Å². The summed E-state index contributed by atoms with van der Waals surface area (Å²) in [4.78, 5) is 22.2. The van der Waals surface area contributed by atoms with Crippen LogP contribution < -0.4 is 9.47 Å². The Morgan fingerprint density at radius 3 is 2.74 bits per heavy atom. The van der Waals surface area contributed by atoms with Crippen LogP contribution in [0.1, 0.15) is 16.8 Å². The van der Waals surface area contributed by atoms with Crippen LogP contribution in [0.4, 0.5) is 4.39 Å². The minimum Gasteiger partial charge on any atom is -0.480 e. The first-order valence-electron chi connectivity index (χ1n) is 7.23. The number of nitrogens with zero attached hydrogens (tertiary/aromatic N) is 3. The van der Waals surface area contributed by atoms with Crippen molar-refractivity contribution < 1.29 is 18.7 Å². The molecule has 1 aliphatic rings. The largest absolute Gasteiger partial charge is 0.480 e. The maximum Gasteiger partial charge on any atom is 0.253 e. The Hall–Kier alpha value is -2.70. The molecule has 1 unspecified atom stereocenters. The number of carbonyl (C=O) groups excluding carboxylic acids is 1. The summed E-state index contributed by atoms with van der Waals surface area (Å²) in [6, 6.07) is 5.53. The average molecular weight is 317 g/mol. The molecule has 1 fully saturated rings. The van der Waals surface area contributed by atoms with E-state index in [4.69, 9.17) is 9.47 Å². The lowest BCUT2D eigenvalue weighted by Gasteiger charge is -2.17. The van der Waals surface area contributed by atoms with Crippen molar-refractivity contribution in [3.63, 3.8) is 0 Å². The quantitative estimate of drug-likeness (QED) is 0.862. The zero-order chi connectivity index (χ0) is 16.2. The number of halogens is 1. The van der Waals surface area contributed by atoms with Gasteiger partial charge in [0, 0.05) is 18.5 Å². The molecule has 120 valence electrons. The molecule has 0 N–H and O–H groups in total. The Morgan fingerprint density at radius 1 is 1.26 bits per heavy atom. The van der Waals surface area contributed by atoms with E-state index >= 15 is 0 Å². The molecule has 2 aromatic rings. The molecule has 3 rings (SSSR count). The topological polar surface area (TPSA) is 64.6 Å². The van der Waals surface area contributed by atoms with Crippen molar-refractivity contribution in [3.05, 3.63) is 48.0 Å². The van der Waals surface area contributed by atoms with Gasteiger partial charge in [-0.3, -0.25) is 9.78 Å². The SMILES string of the molecule is COc1cncc(OC2CCN(C(=O)c3ccc(F)cc3)C2)n1. The van der Waals surface area contributed by atoms with Crippen molar-refractivity contribution in [2.75, 3.05) is 20.2 Å². The zero-order valence-electron chi connectivity index (χ0n) is 12.6. The second-order valence-corrected chi connectivity index (χ2v) is 5.19. The highest BCUT2D eigenvalue weighted by atomic mass is 19.1. The highest BCUT2D eigenvalue weighted by Crippen LogP contribution is 2.19. The van der Waals surface area contributed by atoms with Crippen LogP contribution in [-0.2, 0) is 0 Å². The van der Waals surface area contributed by atoms with Crippen LogP contribution in [0, 0.1) is 5.82 Å². The van der Waals surface area contributed by atoms with Crippen molar-refractivity contribution in [2.24, 2.45) is 0 Å². The Kier molecular flexibility index (Phi) is 4.36. The van der Waals surface area contributed by atoms with Gasteiger partial charge in [0.1, 0.15) is 11.9 Å². The molecule has 6 nitrogen and oxygen atoms in total. The third kappa shape index (κ3) is 3.56. The molecule has 0 bridgehead atoms. The lowest BCUT2D eigenvalue weighted by atomic mass is 10.2. The number of likely N-dealkylation sites (tertiary alicyclic amines) is 1.